The first kappa shape index (κ1) is 26.7. The van der Waals surface area contributed by atoms with E-state index < -0.39 is 29.5 Å². The van der Waals surface area contributed by atoms with Crippen molar-refractivity contribution < 1.29 is 22.7 Å². The molecule has 1 aliphatic heterocycles. The maximum absolute atomic E-state index is 14.5. The zero-order chi connectivity index (χ0) is 27.4. The summed E-state index contributed by atoms with van der Waals surface area (Å²) in [7, 11) is 1.29. The van der Waals surface area contributed by atoms with Gasteiger partial charge in [-0.3, -0.25) is 20.0 Å². The first-order chi connectivity index (χ1) is 18.2. The molecule has 0 spiro atoms. The molecule has 4 N–H and O–H groups in total. The van der Waals surface area contributed by atoms with Crippen LogP contribution in [0.3, 0.4) is 0 Å². The molecule has 1 aliphatic carbocycles. The van der Waals surface area contributed by atoms with Crippen molar-refractivity contribution in [2.75, 3.05) is 13.7 Å². The van der Waals surface area contributed by atoms with Gasteiger partial charge < -0.3 is 15.8 Å². The number of rotatable bonds is 5. The molecule has 1 fully saturated rings. The lowest BCUT2D eigenvalue weighted by Crippen LogP contribution is -2.33. The fourth-order valence-electron chi connectivity index (χ4n) is 3.49. The third kappa shape index (κ3) is 6.15. The number of nitrogens with one attached hydrogen (secondary N) is 2. The number of amides is 1. The van der Waals surface area contributed by atoms with Crippen molar-refractivity contribution in [3.63, 3.8) is 0 Å². The molecule has 0 aromatic carbocycles. The summed E-state index contributed by atoms with van der Waals surface area (Å²) in [5.74, 6) is 4.12. The number of alkyl halides is 2. The fourth-order valence-corrected chi connectivity index (χ4v) is 3.94. The normalized spacial score (nSPS) is 15.4. The Kier molecular flexibility index (Phi) is 8.02. The van der Waals surface area contributed by atoms with Gasteiger partial charge in [0.25, 0.3) is 17.9 Å². The Morgan fingerprint density at radius 2 is 2.16 bits per heavy atom. The minimum atomic E-state index is -2.92. The number of nitrogens with zero attached hydrogens (tertiary/aromatic N) is 3. The summed E-state index contributed by atoms with van der Waals surface area (Å²) in [4.78, 5) is 33.1. The monoisotopic (exact) mass is 542 g/mol. The number of aliphatic imine (C=N–C) groups is 1. The molecule has 0 saturated heterocycles. The summed E-state index contributed by atoms with van der Waals surface area (Å²) in [6.45, 7) is -0.253. The number of hydrogen-bond donors (Lipinski definition) is 3. The van der Waals surface area contributed by atoms with E-state index in [0.29, 0.717) is 11.8 Å². The molecule has 196 valence electrons. The van der Waals surface area contributed by atoms with E-state index in [1.54, 1.807) is 0 Å². The van der Waals surface area contributed by atoms with E-state index >= 15 is 0 Å². The van der Waals surface area contributed by atoms with Crippen LogP contribution in [0.15, 0.2) is 51.9 Å². The Morgan fingerprint density at radius 3 is 2.82 bits per heavy atom. The van der Waals surface area contributed by atoms with Crippen LogP contribution < -0.4 is 21.3 Å². The van der Waals surface area contributed by atoms with E-state index in [9.17, 15) is 22.8 Å². The van der Waals surface area contributed by atoms with Crippen LogP contribution in [0.5, 0.6) is 5.75 Å². The molecule has 1 saturated carbocycles. The molecule has 0 radical (unpaired) electrons. The largest absolute Gasteiger partial charge is 0.494 e. The van der Waals surface area contributed by atoms with Gasteiger partial charge in [0.15, 0.2) is 5.17 Å². The second-order valence-corrected chi connectivity index (χ2v) is 9.17. The van der Waals surface area contributed by atoms with E-state index in [-0.39, 0.29) is 51.0 Å². The molecule has 1 amide bonds. The standard InChI is InChI=1S/C25H21F3N6O3S/c1-37-18-12-31-17(23(27)28)9-15(18)14-10-21(34-19(26)3-2-4-22(34)35)32-11-16(14)24(36)33-25(30)38-20(29)8-7-13-5-6-13/h2-4,9-10,12-13,23,29,32H,5-6,11H2,1H3,(H2,30,33,36). The van der Waals surface area contributed by atoms with E-state index in [1.807, 2.05) is 0 Å². The molecule has 2 aromatic rings. The Hall–Kier alpha value is -4.31. The number of dihydropyridines is 1. The molecular weight excluding hydrogens is 521 g/mol. The zero-order valence-corrected chi connectivity index (χ0v) is 20.7. The van der Waals surface area contributed by atoms with Crippen molar-refractivity contribution in [3.05, 3.63) is 69.7 Å². The molecule has 38 heavy (non-hydrogen) atoms. The quantitative estimate of drug-likeness (QED) is 0.229. The Labute approximate surface area is 219 Å². The topological polar surface area (TPSA) is 135 Å². The minimum absolute atomic E-state index is 0.0259. The first-order valence-corrected chi connectivity index (χ1v) is 12.0. The van der Waals surface area contributed by atoms with Crippen molar-refractivity contribution in [3.8, 4) is 17.6 Å². The average molecular weight is 543 g/mol. The fraction of sp³-hybridized carbons (Fsp3) is 0.240. The lowest BCUT2D eigenvalue weighted by atomic mass is 9.96. The summed E-state index contributed by atoms with van der Waals surface area (Å²) < 4.78 is 47.5. The maximum Gasteiger partial charge on any atom is 0.280 e. The van der Waals surface area contributed by atoms with Crippen molar-refractivity contribution in [2.24, 2.45) is 16.6 Å². The van der Waals surface area contributed by atoms with Crippen LogP contribution >= 0.6 is 11.8 Å². The summed E-state index contributed by atoms with van der Waals surface area (Å²) in [6, 6.07) is 4.49. The number of halogens is 3. The summed E-state index contributed by atoms with van der Waals surface area (Å²) in [5.41, 5.74) is 4.65. The van der Waals surface area contributed by atoms with Crippen LogP contribution in [0.2, 0.25) is 0 Å². The summed E-state index contributed by atoms with van der Waals surface area (Å²) >= 11 is 0.703. The second kappa shape index (κ2) is 11.4. The number of amidine groups is 1. The highest BCUT2D eigenvalue weighted by molar-refractivity contribution is 8.26. The number of allylic oxidation sites excluding steroid dienone is 2. The average Bonchev–Trinajstić information content (AvgIpc) is 3.71. The van der Waals surface area contributed by atoms with Crippen molar-refractivity contribution in [1.29, 1.82) is 5.41 Å². The van der Waals surface area contributed by atoms with Gasteiger partial charge in [-0.05, 0) is 54.3 Å². The van der Waals surface area contributed by atoms with Gasteiger partial charge in [0.2, 0.25) is 5.95 Å². The van der Waals surface area contributed by atoms with Gasteiger partial charge in [0.1, 0.15) is 22.3 Å². The highest BCUT2D eigenvalue weighted by Crippen LogP contribution is 2.34. The molecule has 13 heteroatoms. The second-order valence-electron chi connectivity index (χ2n) is 8.14. The van der Waals surface area contributed by atoms with Crippen molar-refractivity contribution in [2.45, 2.75) is 19.3 Å². The molecule has 0 unspecified atom stereocenters. The number of aromatic nitrogens is 2. The number of carbonyl (C=O) groups is 1. The van der Waals surface area contributed by atoms with Gasteiger partial charge in [0.05, 0.1) is 13.3 Å². The number of methoxy groups -OCH3 is 1. The van der Waals surface area contributed by atoms with Crippen molar-refractivity contribution in [1.82, 2.24) is 14.9 Å². The Morgan fingerprint density at radius 1 is 1.39 bits per heavy atom. The van der Waals surface area contributed by atoms with Crippen LogP contribution in [0.25, 0.3) is 11.4 Å². The highest BCUT2D eigenvalue weighted by Gasteiger charge is 2.26. The zero-order valence-electron chi connectivity index (χ0n) is 19.9. The molecule has 0 atom stereocenters. The number of ether oxygens (including phenoxy) is 1. The molecule has 2 aliphatic rings. The van der Waals surface area contributed by atoms with Crippen LogP contribution in [0.4, 0.5) is 13.2 Å². The minimum Gasteiger partial charge on any atom is -0.494 e. The van der Waals surface area contributed by atoms with Gasteiger partial charge >= 0.3 is 0 Å². The Balaban J connectivity index is 1.80. The number of pyridine rings is 2. The predicted molar refractivity (Wildman–Crippen MR) is 138 cm³/mol. The number of nitrogens with two attached hydrogens (primary N) is 1. The van der Waals surface area contributed by atoms with Crippen LogP contribution in [0, 0.1) is 29.1 Å². The van der Waals surface area contributed by atoms with Gasteiger partial charge in [-0.1, -0.05) is 12.0 Å². The summed E-state index contributed by atoms with van der Waals surface area (Å²) in [5, 5.41) is 10.4. The summed E-state index contributed by atoms with van der Waals surface area (Å²) in [6.07, 6.45) is 1.38. The highest BCUT2D eigenvalue weighted by atomic mass is 32.2. The molecule has 3 heterocycles. The van der Waals surface area contributed by atoms with Gasteiger partial charge in [0, 0.05) is 29.7 Å². The third-order valence-corrected chi connectivity index (χ3v) is 6.07. The number of carbonyl (C=O) groups excluding carboxylic acids is 1. The third-order valence-electron chi connectivity index (χ3n) is 5.47. The molecule has 4 rings (SSSR count). The number of hydrogen-bond acceptors (Lipinski definition) is 7. The van der Waals surface area contributed by atoms with Crippen LogP contribution in [-0.2, 0) is 4.79 Å². The molecular formula is C25H21F3N6O3S. The van der Waals surface area contributed by atoms with Crippen LogP contribution in [-0.4, -0.2) is 39.3 Å². The number of thioether (sulfide) groups is 1. The molecule has 9 nitrogen and oxygen atoms in total. The van der Waals surface area contributed by atoms with Crippen LogP contribution in [0.1, 0.15) is 30.5 Å². The Bertz CT molecular complexity index is 1520. The lowest BCUT2D eigenvalue weighted by molar-refractivity contribution is -0.114. The van der Waals surface area contributed by atoms with Gasteiger partial charge in [-0.2, -0.15) is 9.38 Å². The van der Waals surface area contributed by atoms with E-state index in [2.05, 4.69) is 27.1 Å². The smallest absolute Gasteiger partial charge is 0.280 e. The van der Waals surface area contributed by atoms with Gasteiger partial charge in [-0.25, -0.2) is 13.3 Å². The first-order valence-electron chi connectivity index (χ1n) is 11.2. The van der Waals surface area contributed by atoms with E-state index in [4.69, 9.17) is 15.9 Å². The SMILES string of the molecule is COc1cnc(C(F)F)cc1C1=C(C(=O)N=C(N)SC(=N)C#CC2CC2)CNC(n2c(F)cccc2=O)=C1. The van der Waals surface area contributed by atoms with E-state index in [0.717, 1.165) is 41.8 Å². The predicted octanol–water partition coefficient (Wildman–Crippen LogP) is 3.15. The molecule has 2 aromatic heterocycles. The van der Waals surface area contributed by atoms with Crippen molar-refractivity contribution >= 4 is 39.3 Å². The maximum atomic E-state index is 14.5. The molecule has 0 bridgehead atoms. The van der Waals surface area contributed by atoms with Gasteiger partial charge in [-0.15, -0.1) is 0 Å². The van der Waals surface area contributed by atoms with E-state index in [1.165, 1.54) is 19.3 Å². The lowest BCUT2D eigenvalue weighted by Gasteiger charge is -2.23.